The SMILES string of the molecule is COc1c(C)ncc(C(=O)Nc2nnc(OCC3CCO3)s2)c1-c1ccnc(Cl)c1. The zero-order chi connectivity index (χ0) is 21.1. The van der Waals surface area contributed by atoms with E-state index in [0.717, 1.165) is 24.4 Å². The average Bonchev–Trinajstić information content (AvgIpc) is 3.13. The van der Waals surface area contributed by atoms with E-state index >= 15 is 0 Å². The minimum absolute atomic E-state index is 0.0905. The lowest BCUT2D eigenvalue weighted by molar-refractivity contribution is -0.0721. The third kappa shape index (κ3) is 4.35. The van der Waals surface area contributed by atoms with Gasteiger partial charge in [-0.05, 0) is 36.0 Å². The molecule has 0 saturated carbocycles. The molecular weight excluding hydrogens is 430 g/mol. The second kappa shape index (κ2) is 8.90. The van der Waals surface area contributed by atoms with Crippen LogP contribution >= 0.6 is 22.9 Å². The fourth-order valence-corrected chi connectivity index (χ4v) is 3.69. The summed E-state index contributed by atoms with van der Waals surface area (Å²) in [6, 6.07) is 3.41. The summed E-state index contributed by atoms with van der Waals surface area (Å²) in [5, 5.41) is 11.6. The van der Waals surface area contributed by atoms with Gasteiger partial charge in [-0.25, -0.2) is 4.98 Å². The molecule has 1 unspecified atom stereocenters. The third-order valence-corrected chi connectivity index (χ3v) is 5.45. The predicted octanol–water partition coefficient (Wildman–Crippen LogP) is 3.39. The van der Waals surface area contributed by atoms with E-state index in [2.05, 4.69) is 25.5 Å². The number of hydrogen-bond acceptors (Lipinski definition) is 9. The van der Waals surface area contributed by atoms with Crippen molar-refractivity contribution in [1.29, 1.82) is 0 Å². The molecule has 3 aromatic rings. The van der Waals surface area contributed by atoms with E-state index in [-0.39, 0.29) is 6.10 Å². The lowest BCUT2D eigenvalue weighted by Crippen LogP contribution is -2.32. The Morgan fingerprint density at radius 2 is 2.23 bits per heavy atom. The number of nitrogens with one attached hydrogen (secondary N) is 1. The van der Waals surface area contributed by atoms with Gasteiger partial charge < -0.3 is 14.2 Å². The van der Waals surface area contributed by atoms with Gasteiger partial charge in [-0.3, -0.25) is 15.1 Å². The molecule has 30 heavy (non-hydrogen) atoms. The molecule has 1 aliphatic heterocycles. The number of nitrogens with zero attached hydrogens (tertiary/aromatic N) is 4. The van der Waals surface area contributed by atoms with Crippen molar-refractivity contribution in [2.45, 2.75) is 19.4 Å². The van der Waals surface area contributed by atoms with Crippen LogP contribution in [0.3, 0.4) is 0 Å². The van der Waals surface area contributed by atoms with Crippen molar-refractivity contribution in [3.63, 3.8) is 0 Å². The molecule has 0 bridgehead atoms. The molecule has 1 amide bonds. The molecule has 156 valence electrons. The number of rotatable bonds is 7. The van der Waals surface area contributed by atoms with Crippen LogP contribution in [-0.2, 0) is 4.74 Å². The van der Waals surface area contributed by atoms with Crippen LogP contribution in [0.2, 0.25) is 5.15 Å². The summed E-state index contributed by atoms with van der Waals surface area (Å²) < 4.78 is 16.4. The Labute approximate surface area is 181 Å². The molecule has 4 rings (SSSR count). The summed E-state index contributed by atoms with van der Waals surface area (Å²) in [5.41, 5.74) is 2.20. The van der Waals surface area contributed by atoms with Crippen molar-refractivity contribution in [2.24, 2.45) is 0 Å². The van der Waals surface area contributed by atoms with E-state index in [1.54, 1.807) is 25.3 Å². The van der Waals surface area contributed by atoms with Gasteiger partial charge in [0.25, 0.3) is 11.1 Å². The van der Waals surface area contributed by atoms with E-state index in [1.807, 2.05) is 0 Å². The Balaban J connectivity index is 1.58. The van der Waals surface area contributed by atoms with Gasteiger partial charge in [0.15, 0.2) is 0 Å². The van der Waals surface area contributed by atoms with Crippen molar-refractivity contribution in [1.82, 2.24) is 20.2 Å². The van der Waals surface area contributed by atoms with E-state index < -0.39 is 5.91 Å². The monoisotopic (exact) mass is 447 g/mol. The van der Waals surface area contributed by atoms with Gasteiger partial charge in [0.05, 0.1) is 24.5 Å². The van der Waals surface area contributed by atoms with E-state index in [0.29, 0.717) is 50.2 Å². The first-order valence-corrected chi connectivity index (χ1v) is 10.3. The highest BCUT2D eigenvalue weighted by Gasteiger charge is 2.23. The maximum Gasteiger partial charge on any atom is 0.295 e. The Kier molecular flexibility index (Phi) is 6.07. The van der Waals surface area contributed by atoms with Crippen LogP contribution in [0.1, 0.15) is 22.5 Å². The summed E-state index contributed by atoms with van der Waals surface area (Å²) in [4.78, 5) is 21.3. The zero-order valence-electron chi connectivity index (χ0n) is 16.2. The van der Waals surface area contributed by atoms with Gasteiger partial charge in [0.2, 0.25) is 5.13 Å². The van der Waals surface area contributed by atoms with Crippen molar-refractivity contribution in [3.8, 4) is 22.1 Å². The van der Waals surface area contributed by atoms with Crippen LogP contribution in [0.5, 0.6) is 10.9 Å². The number of aromatic nitrogens is 4. The average molecular weight is 448 g/mol. The number of ether oxygens (including phenoxy) is 3. The van der Waals surface area contributed by atoms with Gasteiger partial charge in [-0.2, -0.15) is 0 Å². The van der Waals surface area contributed by atoms with Crippen LogP contribution < -0.4 is 14.8 Å². The largest absolute Gasteiger partial charge is 0.494 e. The molecule has 0 radical (unpaired) electrons. The summed E-state index contributed by atoms with van der Waals surface area (Å²) in [5.74, 6) is 0.0699. The smallest absolute Gasteiger partial charge is 0.295 e. The van der Waals surface area contributed by atoms with Gasteiger partial charge in [-0.15, -0.1) is 5.10 Å². The van der Waals surface area contributed by atoms with E-state index in [9.17, 15) is 4.79 Å². The lowest BCUT2D eigenvalue weighted by atomic mass is 9.99. The molecule has 1 aliphatic rings. The standard InChI is InChI=1S/C19H18ClN5O4S/c1-10-16(27-2)15(11-3-5-21-14(20)7-11)13(8-22-10)17(26)23-18-24-25-19(30-18)29-9-12-4-6-28-12/h3,5,7-8,12H,4,6,9H2,1-2H3,(H,23,24,26). The second-order valence-corrected chi connectivity index (χ2v) is 7.78. The number of amides is 1. The van der Waals surface area contributed by atoms with E-state index in [1.165, 1.54) is 13.3 Å². The summed E-state index contributed by atoms with van der Waals surface area (Å²) >= 11 is 7.19. The molecule has 11 heteroatoms. The second-order valence-electron chi connectivity index (χ2n) is 6.45. The van der Waals surface area contributed by atoms with Crippen LogP contribution in [-0.4, -0.2) is 52.5 Å². The topological polar surface area (TPSA) is 108 Å². The number of carbonyl (C=O) groups excluding carboxylic acids is 1. The molecular formula is C19H18ClN5O4S. The van der Waals surface area contributed by atoms with Gasteiger partial charge in [0.1, 0.15) is 17.5 Å². The normalized spacial score (nSPS) is 15.4. The molecule has 4 heterocycles. The van der Waals surface area contributed by atoms with Gasteiger partial charge in [0, 0.05) is 31.0 Å². The Hall–Kier alpha value is -2.82. The summed E-state index contributed by atoms with van der Waals surface area (Å²) in [6.07, 6.45) is 4.11. The highest BCUT2D eigenvalue weighted by molar-refractivity contribution is 7.17. The Morgan fingerprint density at radius 3 is 2.93 bits per heavy atom. The first-order valence-electron chi connectivity index (χ1n) is 9.10. The lowest BCUT2D eigenvalue weighted by Gasteiger charge is -2.25. The molecule has 9 nitrogen and oxygen atoms in total. The molecule has 1 N–H and O–H groups in total. The van der Waals surface area contributed by atoms with Crippen LogP contribution in [0, 0.1) is 6.92 Å². The first-order chi connectivity index (χ1) is 14.5. The van der Waals surface area contributed by atoms with Crippen LogP contribution in [0.25, 0.3) is 11.1 Å². The third-order valence-electron chi connectivity index (χ3n) is 4.49. The molecule has 1 atom stereocenters. The van der Waals surface area contributed by atoms with Crippen LogP contribution in [0.4, 0.5) is 5.13 Å². The molecule has 0 aromatic carbocycles. The van der Waals surface area contributed by atoms with Crippen molar-refractivity contribution < 1.29 is 19.0 Å². The molecule has 3 aromatic heterocycles. The Bertz CT molecular complexity index is 1070. The molecule has 0 aliphatic carbocycles. The van der Waals surface area contributed by atoms with Gasteiger partial charge in [-0.1, -0.05) is 16.7 Å². The number of pyridine rings is 2. The van der Waals surface area contributed by atoms with Crippen molar-refractivity contribution in [3.05, 3.63) is 40.9 Å². The number of carbonyl (C=O) groups is 1. The predicted molar refractivity (Wildman–Crippen MR) is 111 cm³/mol. The van der Waals surface area contributed by atoms with E-state index in [4.69, 9.17) is 25.8 Å². The number of anilines is 1. The fraction of sp³-hybridized carbons (Fsp3) is 0.316. The summed E-state index contributed by atoms with van der Waals surface area (Å²) in [6.45, 7) is 2.96. The minimum atomic E-state index is -0.409. The number of halogens is 1. The summed E-state index contributed by atoms with van der Waals surface area (Å²) in [7, 11) is 1.53. The highest BCUT2D eigenvalue weighted by Crippen LogP contribution is 2.36. The van der Waals surface area contributed by atoms with Crippen molar-refractivity contribution in [2.75, 3.05) is 25.6 Å². The first kappa shape index (κ1) is 20.5. The molecule has 0 spiro atoms. The fourth-order valence-electron chi connectivity index (χ4n) is 2.92. The Morgan fingerprint density at radius 1 is 1.40 bits per heavy atom. The molecule has 1 saturated heterocycles. The highest BCUT2D eigenvalue weighted by atomic mass is 35.5. The number of aryl methyl sites for hydroxylation is 1. The van der Waals surface area contributed by atoms with Crippen LogP contribution in [0.15, 0.2) is 24.5 Å². The maximum atomic E-state index is 13.0. The molecule has 1 fully saturated rings. The zero-order valence-corrected chi connectivity index (χ0v) is 17.8. The van der Waals surface area contributed by atoms with Crippen molar-refractivity contribution >= 4 is 34.0 Å². The minimum Gasteiger partial charge on any atom is -0.494 e. The quantitative estimate of drug-likeness (QED) is 0.549. The number of hydrogen-bond donors (Lipinski definition) is 1. The van der Waals surface area contributed by atoms with Gasteiger partial charge >= 0.3 is 0 Å². The maximum absolute atomic E-state index is 13.0. The number of methoxy groups -OCH3 is 1.